The molecule has 0 aromatic heterocycles. The van der Waals surface area contributed by atoms with Crippen molar-refractivity contribution in [3.05, 3.63) is 0 Å². The number of halogens is 1. The molecule has 0 unspecified atom stereocenters. The molecule has 0 aliphatic rings. The van der Waals surface area contributed by atoms with Crippen LogP contribution in [-0.2, 0) is 9.53 Å². The van der Waals surface area contributed by atoms with Crippen LogP contribution in [0.4, 0.5) is 0 Å². The SMILES string of the molecule is CC(C)(C)OCC(=O)NCCBr. The minimum absolute atomic E-state index is 0.0654. The maximum atomic E-state index is 11.0. The molecule has 0 spiro atoms. The van der Waals surface area contributed by atoms with Crippen molar-refractivity contribution in [3.63, 3.8) is 0 Å². The van der Waals surface area contributed by atoms with E-state index in [0.717, 1.165) is 5.33 Å². The van der Waals surface area contributed by atoms with Gasteiger partial charge in [-0.05, 0) is 20.8 Å². The zero-order valence-corrected chi connectivity index (χ0v) is 9.40. The van der Waals surface area contributed by atoms with Gasteiger partial charge in [0.05, 0.1) is 5.60 Å². The molecule has 12 heavy (non-hydrogen) atoms. The summed E-state index contributed by atoms with van der Waals surface area (Å²) in [4.78, 5) is 11.0. The lowest BCUT2D eigenvalue weighted by molar-refractivity contribution is -0.130. The highest BCUT2D eigenvalue weighted by atomic mass is 79.9. The van der Waals surface area contributed by atoms with Gasteiger partial charge >= 0.3 is 0 Å². The molecular formula is C8H16BrNO2. The first kappa shape index (κ1) is 11.9. The Labute approximate surface area is 82.0 Å². The van der Waals surface area contributed by atoms with Crippen LogP contribution < -0.4 is 5.32 Å². The lowest BCUT2D eigenvalue weighted by Crippen LogP contribution is -2.32. The highest BCUT2D eigenvalue weighted by Gasteiger charge is 2.11. The number of amides is 1. The molecule has 0 heterocycles. The molecule has 0 rings (SSSR count). The summed E-state index contributed by atoms with van der Waals surface area (Å²) in [7, 11) is 0. The molecule has 0 aliphatic carbocycles. The maximum absolute atomic E-state index is 11.0. The van der Waals surface area contributed by atoms with Crippen molar-refractivity contribution >= 4 is 21.8 Å². The summed E-state index contributed by atoms with van der Waals surface area (Å²) in [6.07, 6.45) is 0. The van der Waals surface area contributed by atoms with Gasteiger partial charge in [0, 0.05) is 11.9 Å². The number of alkyl halides is 1. The van der Waals surface area contributed by atoms with E-state index < -0.39 is 0 Å². The van der Waals surface area contributed by atoms with Crippen LogP contribution in [0, 0.1) is 0 Å². The fraction of sp³-hybridized carbons (Fsp3) is 0.875. The van der Waals surface area contributed by atoms with Gasteiger partial charge in [-0.2, -0.15) is 0 Å². The van der Waals surface area contributed by atoms with Crippen molar-refractivity contribution in [1.29, 1.82) is 0 Å². The average Bonchev–Trinajstić information content (AvgIpc) is 1.95. The van der Waals surface area contributed by atoms with Crippen molar-refractivity contribution in [3.8, 4) is 0 Å². The van der Waals surface area contributed by atoms with E-state index in [2.05, 4.69) is 21.2 Å². The molecule has 72 valence electrons. The molecule has 0 saturated carbocycles. The smallest absolute Gasteiger partial charge is 0.246 e. The van der Waals surface area contributed by atoms with Crippen molar-refractivity contribution < 1.29 is 9.53 Å². The molecular weight excluding hydrogens is 222 g/mol. The summed E-state index contributed by atoms with van der Waals surface area (Å²) in [6.45, 7) is 6.54. The van der Waals surface area contributed by atoms with E-state index in [1.807, 2.05) is 20.8 Å². The zero-order valence-electron chi connectivity index (χ0n) is 7.82. The van der Waals surface area contributed by atoms with Crippen molar-refractivity contribution in [1.82, 2.24) is 5.32 Å². The molecule has 0 bridgehead atoms. The summed E-state index contributed by atoms with van der Waals surface area (Å²) in [5.74, 6) is -0.0654. The second-order valence-electron chi connectivity index (χ2n) is 3.44. The fourth-order valence-corrected chi connectivity index (χ4v) is 0.718. The number of ether oxygens (including phenoxy) is 1. The van der Waals surface area contributed by atoms with Crippen LogP contribution in [0.5, 0.6) is 0 Å². The van der Waals surface area contributed by atoms with E-state index in [9.17, 15) is 4.79 Å². The van der Waals surface area contributed by atoms with E-state index >= 15 is 0 Å². The van der Waals surface area contributed by atoms with Crippen molar-refractivity contribution in [2.75, 3.05) is 18.5 Å². The van der Waals surface area contributed by atoms with Gasteiger partial charge in [-0.15, -0.1) is 0 Å². The minimum atomic E-state index is -0.244. The van der Waals surface area contributed by atoms with E-state index in [1.165, 1.54) is 0 Å². The molecule has 3 nitrogen and oxygen atoms in total. The summed E-state index contributed by atoms with van der Waals surface area (Å²) in [5.41, 5.74) is -0.244. The van der Waals surface area contributed by atoms with Crippen LogP contribution in [-0.4, -0.2) is 30.0 Å². The van der Waals surface area contributed by atoms with Crippen LogP contribution in [0.3, 0.4) is 0 Å². The van der Waals surface area contributed by atoms with E-state index in [0.29, 0.717) is 6.54 Å². The first-order valence-corrected chi connectivity index (χ1v) is 5.04. The second kappa shape index (κ2) is 5.54. The first-order valence-electron chi connectivity index (χ1n) is 3.92. The molecule has 0 aliphatic heterocycles. The van der Waals surface area contributed by atoms with Crippen LogP contribution in [0.25, 0.3) is 0 Å². The molecule has 0 atom stereocenters. The van der Waals surface area contributed by atoms with Crippen LogP contribution in [0.2, 0.25) is 0 Å². The molecule has 1 N–H and O–H groups in total. The molecule has 0 saturated heterocycles. The standard InChI is InChI=1S/C8H16BrNO2/c1-8(2,3)12-6-7(11)10-5-4-9/h4-6H2,1-3H3,(H,10,11). The third-order valence-corrected chi connectivity index (χ3v) is 1.45. The van der Waals surface area contributed by atoms with Gasteiger partial charge in [-0.3, -0.25) is 4.79 Å². The number of nitrogens with one attached hydrogen (secondary N) is 1. The second-order valence-corrected chi connectivity index (χ2v) is 4.23. The maximum Gasteiger partial charge on any atom is 0.246 e. The Morgan fingerprint density at radius 1 is 1.50 bits per heavy atom. The lowest BCUT2D eigenvalue weighted by atomic mass is 10.2. The van der Waals surface area contributed by atoms with Gasteiger partial charge < -0.3 is 10.1 Å². The Hall–Kier alpha value is -0.0900. The first-order chi connectivity index (χ1) is 5.45. The highest BCUT2D eigenvalue weighted by Crippen LogP contribution is 2.05. The average molecular weight is 238 g/mol. The summed E-state index contributed by atoms with van der Waals surface area (Å²) >= 11 is 3.21. The monoisotopic (exact) mass is 237 g/mol. The van der Waals surface area contributed by atoms with Crippen LogP contribution in [0.15, 0.2) is 0 Å². The summed E-state index contributed by atoms with van der Waals surface area (Å²) in [5, 5.41) is 3.47. The van der Waals surface area contributed by atoms with Crippen LogP contribution >= 0.6 is 15.9 Å². The lowest BCUT2D eigenvalue weighted by Gasteiger charge is -2.18. The van der Waals surface area contributed by atoms with E-state index in [1.54, 1.807) is 0 Å². The quantitative estimate of drug-likeness (QED) is 0.750. The van der Waals surface area contributed by atoms with Gasteiger partial charge in [-0.25, -0.2) is 0 Å². The molecule has 0 aromatic carbocycles. The number of hydrogen-bond donors (Lipinski definition) is 1. The highest BCUT2D eigenvalue weighted by molar-refractivity contribution is 9.09. The molecule has 1 amide bonds. The predicted octanol–water partition coefficient (Wildman–Crippen LogP) is 1.31. The molecule has 0 fully saturated rings. The van der Waals surface area contributed by atoms with Crippen LogP contribution in [0.1, 0.15) is 20.8 Å². The summed E-state index contributed by atoms with van der Waals surface area (Å²) < 4.78 is 5.26. The number of hydrogen-bond acceptors (Lipinski definition) is 2. The van der Waals surface area contributed by atoms with Crippen molar-refractivity contribution in [2.45, 2.75) is 26.4 Å². The molecule has 4 heteroatoms. The Morgan fingerprint density at radius 2 is 2.08 bits per heavy atom. The van der Waals surface area contributed by atoms with Gasteiger partial charge in [0.25, 0.3) is 0 Å². The van der Waals surface area contributed by atoms with Gasteiger partial charge in [0.2, 0.25) is 5.91 Å². The minimum Gasteiger partial charge on any atom is -0.366 e. The Morgan fingerprint density at radius 3 is 2.50 bits per heavy atom. The van der Waals surface area contributed by atoms with Gasteiger partial charge in [0.1, 0.15) is 6.61 Å². The number of carbonyl (C=O) groups excluding carboxylic acids is 1. The molecule has 0 aromatic rings. The van der Waals surface area contributed by atoms with E-state index in [4.69, 9.17) is 4.74 Å². The van der Waals surface area contributed by atoms with Gasteiger partial charge in [-0.1, -0.05) is 15.9 Å². The summed E-state index contributed by atoms with van der Waals surface area (Å²) in [6, 6.07) is 0. The van der Waals surface area contributed by atoms with Gasteiger partial charge in [0.15, 0.2) is 0 Å². The molecule has 0 radical (unpaired) electrons. The zero-order chi connectivity index (χ0) is 9.61. The fourth-order valence-electron chi connectivity index (χ4n) is 0.520. The Balaban J connectivity index is 3.44. The van der Waals surface area contributed by atoms with E-state index in [-0.39, 0.29) is 18.1 Å². The number of carbonyl (C=O) groups is 1. The normalized spacial score (nSPS) is 11.3. The third kappa shape index (κ3) is 8.01. The Kier molecular flexibility index (Phi) is 5.50. The topological polar surface area (TPSA) is 38.3 Å². The van der Waals surface area contributed by atoms with Crippen molar-refractivity contribution in [2.24, 2.45) is 0 Å². The third-order valence-electron chi connectivity index (χ3n) is 1.05. The number of rotatable bonds is 4. The largest absolute Gasteiger partial charge is 0.366 e. The predicted molar refractivity (Wildman–Crippen MR) is 52.5 cm³/mol. The Bertz CT molecular complexity index is 142.